The van der Waals surface area contributed by atoms with Crippen LogP contribution in [0.25, 0.3) is 4.85 Å². The summed E-state index contributed by atoms with van der Waals surface area (Å²) in [4.78, 5) is 16.0. The Labute approximate surface area is 126 Å². The Morgan fingerprint density at radius 1 is 1.43 bits per heavy atom. The second-order valence-corrected chi connectivity index (χ2v) is 6.74. The highest BCUT2D eigenvalue weighted by Gasteiger charge is 2.54. The zero-order valence-electron chi connectivity index (χ0n) is 12.4. The van der Waals surface area contributed by atoms with Crippen LogP contribution in [-0.4, -0.2) is 15.6 Å². The lowest BCUT2D eigenvalue weighted by Crippen LogP contribution is -2.50. The predicted molar refractivity (Wildman–Crippen MR) is 82.6 cm³/mol. The summed E-state index contributed by atoms with van der Waals surface area (Å²) in [6, 6.07) is 0. The highest BCUT2D eigenvalue weighted by atomic mass is 16.1. The molecule has 2 aliphatic carbocycles. The molecule has 0 N–H and O–H groups in total. The Balaban J connectivity index is 0.00000161. The highest BCUT2D eigenvalue weighted by Crippen LogP contribution is 2.54. The van der Waals surface area contributed by atoms with Crippen molar-refractivity contribution in [2.24, 2.45) is 18.4 Å². The number of Topliss-reactive ketones (excluding diaryl/α,β-unsaturated/α-hetero) is 1. The average molecular weight is 285 g/mol. The highest BCUT2D eigenvalue weighted by molar-refractivity contribution is 6.02. The van der Waals surface area contributed by atoms with E-state index in [9.17, 15) is 4.79 Å². The smallest absolute Gasteiger partial charge is 0.226 e. The van der Waals surface area contributed by atoms with E-state index >= 15 is 0 Å². The third-order valence-corrected chi connectivity index (χ3v) is 5.09. The molecule has 4 nitrogen and oxygen atoms in total. The molecular weight excluding hydrogens is 262 g/mol. The number of carbonyl (C=O) groups is 1. The van der Waals surface area contributed by atoms with Gasteiger partial charge in [0.2, 0.25) is 5.70 Å². The maximum Gasteiger partial charge on any atom is 0.226 e. The van der Waals surface area contributed by atoms with Crippen LogP contribution in [0.15, 0.2) is 18.0 Å². The Hall–Kier alpha value is -1.89. The number of nitrogens with zero attached hydrogens (tertiary/aromatic N) is 3. The Kier molecular flexibility index (Phi) is 3.36. The van der Waals surface area contributed by atoms with Gasteiger partial charge < -0.3 is 4.79 Å². The molecule has 21 heavy (non-hydrogen) atoms. The van der Waals surface area contributed by atoms with Gasteiger partial charge >= 0.3 is 0 Å². The number of fused-ring (bicyclic) bond motifs is 3. The molecule has 0 saturated carbocycles. The van der Waals surface area contributed by atoms with E-state index in [-0.39, 0.29) is 30.2 Å². The summed E-state index contributed by atoms with van der Waals surface area (Å²) in [7, 11) is 1.93. The number of rotatable bonds is 0. The lowest BCUT2D eigenvalue weighted by atomic mass is 9.53. The van der Waals surface area contributed by atoms with Gasteiger partial charge in [-0.25, -0.2) is 4.85 Å². The number of allylic oxidation sites excluding steroid dienone is 2. The number of ketones is 1. The minimum Gasteiger partial charge on any atom is -0.307 e. The second-order valence-electron chi connectivity index (χ2n) is 6.74. The molecular formula is C17H23N3O. The monoisotopic (exact) mass is 285 g/mol. The van der Waals surface area contributed by atoms with Crippen LogP contribution in [0.1, 0.15) is 45.9 Å². The minimum absolute atomic E-state index is 0. The first-order valence-electron chi connectivity index (χ1n) is 6.99. The van der Waals surface area contributed by atoms with E-state index in [1.165, 1.54) is 5.56 Å². The molecule has 0 unspecified atom stereocenters. The molecule has 2 aliphatic rings. The van der Waals surface area contributed by atoms with Crippen molar-refractivity contribution in [2.45, 2.75) is 46.5 Å². The summed E-state index contributed by atoms with van der Waals surface area (Å²) in [5.41, 5.74) is 1.74. The van der Waals surface area contributed by atoms with Crippen molar-refractivity contribution < 1.29 is 4.79 Å². The SMILES string of the molecule is C.[C-]#[N+]C1=C[C@]2(C)c3nn(C)cc3CC[C@H]2C(C)(C)C1=O. The maximum atomic E-state index is 12.5. The first-order chi connectivity index (χ1) is 9.30. The maximum absolute atomic E-state index is 12.5. The van der Waals surface area contributed by atoms with Crippen LogP contribution >= 0.6 is 0 Å². The van der Waals surface area contributed by atoms with Gasteiger partial charge in [0.05, 0.1) is 12.3 Å². The van der Waals surface area contributed by atoms with Gasteiger partial charge in [-0.15, -0.1) is 0 Å². The lowest BCUT2D eigenvalue weighted by molar-refractivity contribution is -0.128. The number of hydrogen-bond acceptors (Lipinski definition) is 2. The van der Waals surface area contributed by atoms with Gasteiger partial charge in [-0.1, -0.05) is 34.3 Å². The fraction of sp³-hybridized carbons (Fsp3) is 0.588. The van der Waals surface area contributed by atoms with Crippen molar-refractivity contribution in [1.82, 2.24) is 9.78 Å². The van der Waals surface area contributed by atoms with Crippen molar-refractivity contribution in [3.05, 3.63) is 40.6 Å². The number of aromatic nitrogens is 2. The molecule has 0 amide bonds. The van der Waals surface area contributed by atoms with Crippen LogP contribution < -0.4 is 0 Å². The predicted octanol–water partition coefficient (Wildman–Crippen LogP) is 3.29. The minimum atomic E-state index is -0.501. The van der Waals surface area contributed by atoms with E-state index in [4.69, 9.17) is 6.57 Å². The molecule has 1 aromatic rings. The van der Waals surface area contributed by atoms with Gasteiger partial charge in [-0.2, -0.15) is 5.10 Å². The van der Waals surface area contributed by atoms with Crippen LogP contribution in [0.2, 0.25) is 0 Å². The average Bonchev–Trinajstić information content (AvgIpc) is 2.76. The van der Waals surface area contributed by atoms with Gasteiger partial charge in [0.15, 0.2) is 5.78 Å². The Bertz CT molecular complexity index is 675. The van der Waals surface area contributed by atoms with Crippen molar-refractivity contribution in [1.29, 1.82) is 0 Å². The topological polar surface area (TPSA) is 39.2 Å². The molecule has 3 rings (SSSR count). The number of hydrogen-bond donors (Lipinski definition) is 0. The standard InChI is InChI=1S/C16H19N3O.CH4/c1-15(2)12-7-6-10-9-19(5)18-13(10)16(12,3)8-11(17-4)14(15)20;/h8-9,12H,6-7H2,1-3,5H3;1H4/t12-,16-;/m0./s1. The molecule has 0 fully saturated rings. The largest absolute Gasteiger partial charge is 0.307 e. The molecule has 0 radical (unpaired) electrons. The van der Waals surface area contributed by atoms with Crippen LogP contribution in [0, 0.1) is 17.9 Å². The summed E-state index contributed by atoms with van der Waals surface area (Å²) in [5.74, 6) is 0.185. The second kappa shape index (κ2) is 4.56. The van der Waals surface area contributed by atoms with Gasteiger partial charge in [0.25, 0.3) is 0 Å². The van der Waals surface area contributed by atoms with Crippen LogP contribution in [0.5, 0.6) is 0 Å². The van der Waals surface area contributed by atoms with E-state index in [2.05, 4.69) is 23.1 Å². The quantitative estimate of drug-likeness (QED) is 0.686. The van der Waals surface area contributed by atoms with Crippen molar-refractivity contribution in [2.75, 3.05) is 0 Å². The van der Waals surface area contributed by atoms with Crippen LogP contribution in [0.4, 0.5) is 0 Å². The third kappa shape index (κ3) is 1.87. The molecule has 1 heterocycles. The third-order valence-electron chi connectivity index (χ3n) is 5.09. The first kappa shape index (κ1) is 15.5. The first-order valence-corrected chi connectivity index (χ1v) is 6.99. The van der Waals surface area contributed by atoms with Gasteiger partial charge in [-0.3, -0.25) is 4.68 Å². The number of carbonyl (C=O) groups excluding carboxylic acids is 1. The summed E-state index contributed by atoms with van der Waals surface area (Å²) >= 11 is 0. The fourth-order valence-electron chi connectivity index (χ4n) is 4.14. The molecule has 0 spiro atoms. The summed E-state index contributed by atoms with van der Waals surface area (Å²) in [5, 5.41) is 4.62. The van der Waals surface area contributed by atoms with Gasteiger partial charge in [-0.05, 0) is 24.3 Å². The van der Waals surface area contributed by atoms with E-state index in [0.29, 0.717) is 0 Å². The molecule has 1 aromatic heterocycles. The summed E-state index contributed by atoms with van der Waals surface area (Å²) in [6.45, 7) is 13.4. The summed E-state index contributed by atoms with van der Waals surface area (Å²) in [6.07, 6.45) is 5.85. The van der Waals surface area contributed by atoms with Crippen LogP contribution in [-0.2, 0) is 23.7 Å². The van der Waals surface area contributed by atoms with E-state index in [1.807, 2.05) is 31.7 Å². The lowest BCUT2D eigenvalue weighted by Gasteiger charge is -2.49. The molecule has 4 heteroatoms. The summed E-state index contributed by atoms with van der Waals surface area (Å²) < 4.78 is 1.84. The molecule has 0 bridgehead atoms. The molecule has 0 saturated heterocycles. The number of aryl methyl sites for hydroxylation is 2. The van der Waals surface area contributed by atoms with Crippen molar-refractivity contribution in [3.8, 4) is 0 Å². The van der Waals surface area contributed by atoms with Gasteiger partial charge in [0.1, 0.15) is 0 Å². The molecule has 0 aliphatic heterocycles. The van der Waals surface area contributed by atoms with E-state index < -0.39 is 5.41 Å². The zero-order valence-corrected chi connectivity index (χ0v) is 12.4. The Morgan fingerprint density at radius 2 is 2.10 bits per heavy atom. The van der Waals surface area contributed by atoms with Crippen molar-refractivity contribution in [3.63, 3.8) is 0 Å². The normalized spacial score (nSPS) is 29.6. The van der Waals surface area contributed by atoms with E-state index in [1.54, 1.807) is 0 Å². The molecule has 2 atom stereocenters. The zero-order chi connectivity index (χ0) is 14.7. The van der Waals surface area contributed by atoms with E-state index in [0.717, 1.165) is 18.5 Å². The van der Waals surface area contributed by atoms with Gasteiger partial charge in [0, 0.05) is 24.1 Å². The molecule has 0 aromatic carbocycles. The van der Waals surface area contributed by atoms with Crippen LogP contribution in [0.3, 0.4) is 0 Å². The Morgan fingerprint density at radius 3 is 2.71 bits per heavy atom. The molecule has 112 valence electrons. The fourth-order valence-corrected chi connectivity index (χ4v) is 4.14. The van der Waals surface area contributed by atoms with Crippen molar-refractivity contribution >= 4 is 5.78 Å².